The zero-order valence-electron chi connectivity index (χ0n) is 10.2. The molecule has 2 heterocycles. The van der Waals surface area contributed by atoms with Crippen molar-refractivity contribution in [2.45, 2.75) is 0 Å². The van der Waals surface area contributed by atoms with E-state index < -0.39 is 11.6 Å². The molecule has 0 aliphatic rings. The first-order valence-electron chi connectivity index (χ1n) is 5.84. The number of nitrogens with zero attached hydrogens (tertiary/aromatic N) is 1. The molecule has 0 spiro atoms. The van der Waals surface area contributed by atoms with E-state index in [1.165, 1.54) is 12.3 Å². The second-order valence-electron chi connectivity index (χ2n) is 4.22. The molecule has 3 aromatic rings. The first-order chi connectivity index (χ1) is 9.65. The van der Waals surface area contributed by atoms with E-state index in [1.807, 2.05) is 6.07 Å². The van der Waals surface area contributed by atoms with Gasteiger partial charge >= 0.3 is 0 Å². The number of hydrogen-bond acceptors (Lipinski definition) is 2. The topological polar surface area (TPSA) is 54.7 Å². The van der Waals surface area contributed by atoms with Crippen LogP contribution in [0, 0.1) is 23.5 Å². The van der Waals surface area contributed by atoms with E-state index in [9.17, 15) is 8.78 Å². The number of hydrogen-bond donors (Lipinski definition) is 2. The fraction of sp³-hybridized carbons (Fsp3) is 0. The zero-order chi connectivity index (χ0) is 14.1. The molecule has 0 aliphatic carbocycles. The highest BCUT2D eigenvalue weighted by atomic mass is 19.1. The van der Waals surface area contributed by atoms with E-state index in [-0.39, 0.29) is 11.3 Å². The molecule has 0 radical (unpaired) electrons. The Kier molecular flexibility index (Phi) is 2.84. The predicted octanol–water partition coefficient (Wildman–Crippen LogP) is 2.82. The lowest BCUT2D eigenvalue weighted by Crippen LogP contribution is -1.97. The van der Waals surface area contributed by atoms with Crippen molar-refractivity contribution in [1.29, 1.82) is 0 Å². The van der Waals surface area contributed by atoms with Gasteiger partial charge in [0, 0.05) is 23.3 Å². The zero-order valence-corrected chi connectivity index (χ0v) is 10.2. The van der Waals surface area contributed by atoms with Crippen LogP contribution in [-0.4, -0.2) is 9.97 Å². The third kappa shape index (κ3) is 2.08. The summed E-state index contributed by atoms with van der Waals surface area (Å²) in [5.41, 5.74) is 6.23. The van der Waals surface area contributed by atoms with Gasteiger partial charge in [0.2, 0.25) is 0 Å². The van der Waals surface area contributed by atoms with Gasteiger partial charge in [-0.25, -0.2) is 13.8 Å². The minimum absolute atomic E-state index is 0.130. The van der Waals surface area contributed by atoms with Gasteiger partial charge in [-0.15, -0.1) is 0 Å². The molecule has 0 aliphatic heterocycles. The first kappa shape index (κ1) is 12.2. The first-order valence-corrected chi connectivity index (χ1v) is 5.84. The lowest BCUT2D eigenvalue weighted by atomic mass is 10.1. The van der Waals surface area contributed by atoms with Crippen LogP contribution in [0.3, 0.4) is 0 Å². The van der Waals surface area contributed by atoms with E-state index >= 15 is 0 Å². The molecule has 3 N–H and O–H groups in total. The monoisotopic (exact) mass is 269 g/mol. The molecule has 1 aromatic carbocycles. The smallest absolute Gasteiger partial charge is 0.164 e. The van der Waals surface area contributed by atoms with Crippen LogP contribution in [0.5, 0.6) is 0 Å². The molecule has 0 saturated carbocycles. The number of fused-ring (bicyclic) bond motifs is 1. The van der Waals surface area contributed by atoms with E-state index in [2.05, 4.69) is 21.8 Å². The van der Waals surface area contributed by atoms with Crippen molar-refractivity contribution < 1.29 is 8.78 Å². The third-order valence-electron chi connectivity index (χ3n) is 2.85. The SMILES string of the molecule is Nc1ccc(F)c(C#Cc2cnc3[nH]ccc3c2)c1F. The maximum atomic E-state index is 13.7. The number of aromatic nitrogens is 2. The number of rotatable bonds is 0. The molecule has 2 aromatic heterocycles. The van der Waals surface area contributed by atoms with E-state index in [0.29, 0.717) is 5.56 Å². The van der Waals surface area contributed by atoms with E-state index in [0.717, 1.165) is 17.1 Å². The van der Waals surface area contributed by atoms with Crippen molar-refractivity contribution in [2.24, 2.45) is 0 Å². The number of pyridine rings is 1. The second-order valence-corrected chi connectivity index (χ2v) is 4.22. The second kappa shape index (κ2) is 4.67. The quantitative estimate of drug-likeness (QED) is 0.487. The Bertz CT molecular complexity index is 856. The highest BCUT2D eigenvalue weighted by Crippen LogP contribution is 2.17. The molecule has 3 rings (SSSR count). The van der Waals surface area contributed by atoms with Gasteiger partial charge in [-0.3, -0.25) is 0 Å². The van der Waals surface area contributed by atoms with Crippen molar-refractivity contribution in [2.75, 3.05) is 5.73 Å². The number of aromatic amines is 1. The Balaban J connectivity index is 2.05. The molecule has 0 fully saturated rings. The van der Waals surface area contributed by atoms with Crippen molar-refractivity contribution in [3.8, 4) is 11.8 Å². The number of H-pyrrole nitrogens is 1. The fourth-order valence-electron chi connectivity index (χ4n) is 1.83. The van der Waals surface area contributed by atoms with Gasteiger partial charge in [0.05, 0.1) is 11.3 Å². The van der Waals surface area contributed by atoms with E-state index in [4.69, 9.17) is 5.73 Å². The van der Waals surface area contributed by atoms with Crippen molar-refractivity contribution >= 4 is 16.7 Å². The minimum atomic E-state index is -0.840. The average molecular weight is 269 g/mol. The number of nitrogen functional groups attached to an aromatic ring is 1. The molecule has 0 saturated heterocycles. The van der Waals surface area contributed by atoms with Crippen molar-refractivity contribution in [3.05, 3.63) is 59.4 Å². The molecule has 0 atom stereocenters. The lowest BCUT2D eigenvalue weighted by Gasteiger charge is -2.00. The number of halogens is 2. The Hall–Kier alpha value is -2.87. The fourth-order valence-corrected chi connectivity index (χ4v) is 1.83. The molecule has 98 valence electrons. The van der Waals surface area contributed by atoms with Crippen LogP contribution in [0.2, 0.25) is 0 Å². The summed E-state index contributed by atoms with van der Waals surface area (Å²) in [6.45, 7) is 0. The lowest BCUT2D eigenvalue weighted by molar-refractivity contribution is 0.580. The summed E-state index contributed by atoms with van der Waals surface area (Å²) in [5.74, 6) is 3.58. The van der Waals surface area contributed by atoms with Gasteiger partial charge in [-0.05, 0) is 24.3 Å². The van der Waals surface area contributed by atoms with Gasteiger partial charge in [-0.2, -0.15) is 0 Å². The molecular weight excluding hydrogens is 260 g/mol. The summed E-state index contributed by atoms with van der Waals surface area (Å²) in [4.78, 5) is 7.10. The largest absolute Gasteiger partial charge is 0.396 e. The number of anilines is 1. The highest BCUT2D eigenvalue weighted by Gasteiger charge is 2.09. The highest BCUT2D eigenvalue weighted by molar-refractivity contribution is 5.76. The van der Waals surface area contributed by atoms with Gasteiger partial charge < -0.3 is 10.7 Å². The maximum absolute atomic E-state index is 13.7. The van der Waals surface area contributed by atoms with Gasteiger partial charge in [0.25, 0.3) is 0 Å². The molecule has 0 unspecified atom stereocenters. The Morgan fingerprint density at radius 1 is 1.15 bits per heavy atom. The van der Waals surface area contributed by atoms with Crippen molar-refractivity contribution in [1.82, 2.24) is 9.97 Å². The van der Waals surface area contributed by atoms with E-state index in [1.54, 1.807) is 12.3 Å². The molecule has 20 heavy (non-hydrogen) atoms. The molecular formula is C15H9F2N3. The van der Waals surface area contributed by atoms with Crippen molar-refractivity contribution in [3.63, 3.8) is 0 Å². The number of nitrogens with two attached hydrogens (primary N) is 1. The summed E-state index contributed by atoms with van der Waals surface area (Å²) < 4.78 is 27.2. The Morgan fingerprint density at radius 3 is 2.85 bits per heavy atom. The number of nitrogens with one attached hydrogen (secondary N) is 1. The molecule has 5 heteroatoms. The summed E-state index contributed by atoms with van der Waals surface area (Å²) in [5, 5.41) is 0.880. The summed E-state index contributed by atoms with van der Waals surface area (Å²) in [6, 6.07) is 5.89. The van der Waals surface area contributed by atoms with Crippen LogP contribution >= 0.6 is 0 Å². The molecule has 0 bridgehead atoms. The molecule has 3 nitrogen and oxygen atoms in total. The van der Waals surface area contributed by atoms with Crippen LogP contribution in [-0.2, 0) is 0 Å². The third-order valence-corrected chi connectivity index (χ3v) is 2.85. The molecule has 0 amide bonds. The minimum Gasteiger partial charge on any atom is -0.396 e. The summed E-state index contributed by atoms with van der Waals surface area (Å²) in [7, 11) is 0. The normalized spacial score (nSPS) is 10.3. The summed E-state index contributed by atoms with van der Waals surface area (Å²) >= 11 is 0. The van der Waals surface area contributed by atoms with Gasteiger partial charge in [0.15, 0.2) is 5.82 Å². The van der Waals surface area contributed by atoms with Crippen LogP contribution in [0.15, 0.2) is 36.7 Å². The Morgan fingerprint density at radius 2 is 2.00 bits per heavy atom. The summed E-state index contributed by atoms with van der Waals surface area (Å²) in [6.07, 6.45) is 3.29. The van der Waals surface area contributed by atoms with Gasteiger partial charge in [0.1, 0.15) is 11.5 Å². The van der Waals surface area contributed by atoms with Crippen LogP contribution in [0.1, 0.15) is 11.1 Å². The number of benzene rings is 1. The Labute approximate surface area is 113 Å². The van der Waals surface area contributed by atoms with Crippen LogP contribution < -0.4 is 5.73 Å². The maximum Gasteiger partial charge on any atom is 0.164 e. The van der Waals surface area contributed by atoms with Crippen LogP contribution in [0.4, 0.5) is 14.5 Å². The standard InChI is InChI=1S/C15H9F2N3/c16-12-3-4-13(18)14(17)11(12)2-1-9-7-10-5-6-19-15(10)20-8-9/h3-8H,18H2,(H,19,20). The predicted molar refractivity (Wildman–Crippen MR) is 72.8 cm³/mol. The van der Waals surface area contributed by atoms with Crippen LogP contribution in [0.25, 0.3) is 11.0 Å². The van der Waals surface area contributed by atoms with Gasteiger partial charge in [-0.1, -0.05) is 11.8 Å². The average Bonchev–Trinajstić information content (AvgIpc) is 2.90.